The van der Waals surface area contributed by atoms with Crippen molar-refractivity contribution in [2.75, 3.05) is 0 Å². The van der Waals surface area contributed by atoms with Crippen LogP contribution >= 0.6 is 34.5 Å². The number of aryl methyl sites for hydroxylation is 3. The average Bonchev–Trinajstić information content (AvgIpc) is 2.69. The molecule has 3 heteroatoms. The fourth-order valence-electron chi connectivity index (χ4n) is 1.87. The molecule has 1 heterocycles. The van der Waals surface area contributed by atoms with Gasteiger partial charge in [0.15, 0.2) is 0 Å². The van der Waals surface area contributed by atoms with Gasteiger partial charge in [0.2, 0.25) is 0 Å². The molecule has 0 fully saturated rings. The molecule has 0 radical (unpaired) electrons. The number of halogens is 2. The Hall–Kier alpha value is -0.500. The summed E-state index contributed by atoms with van der Waals surface area (Å²) in [6.45, 7) is 6.16. The van der Waals surface area contributed by atoms with Crippen molar-refractivity contribution in [3.05, 3.63) is 55.7 Å². The summed E-state index contributed by atoms with van der Waals surface area (Å²) in [7, 11) is 0. The Balaban J connectivity index is 2.48. The SMILES string of the molecule is Cc1cc(C(Cl)c2cscc2C)c(C)cc1Cl. The summed E-state index contributed by atoms with van der Waals surface area (Å²) in [5.41, 5.74) is 5.82. The predicted octanol–water partition coefficient (Wildman–Crippen LogP) is 5.65. The van der Waals surface area contributed by atoms with Crippen LogP contribution in [0.15, 0.2) is 22.9 Å². The second-order valence-electron chi connectivity index (χ2n) is 4.33. The highest BCUT2D eigenvalue weighted by Gasteiger charge is 2.17. The Morgan fingerprint density at radius 3 is 2.24 bits per heavy atom. The van der Waals surface area contributed by atoms with Crippen molar-refractivity contribution in [1.82, 2.24) is 0 Å². The first kappa shape index (κ1) is 12.9. The number of hydrogen-bond acceptors (Lipinski definition) is 1. The van der Waals surface area contributed by atoms with Gasteiger partial charge in [-0.15, -0.1) is 11.6 Å². The van der Waals surface area contributed by atoms with Crippen molar-refractivity contribution in [2.45, 2.75) is 26.1 Å². The smallest absolute Gasteiger partial charge is 0.0848 e. The van der Waals surface area contributed by atoms with Crippen LogP contribution in [0.25, 0.3) is 0 Å². The first-order valence-electron chi connectivity index (χ1n) is 5.44. The van der Waals surface area contributed by atoms with E-state index in [0.29, 0.717) is 0 Å². The van der Waals surface area contributed by atoms with Crippen molar-refractivity contribution < 1.29 is 0 Å². The van der Waals surface area contributed by atoms with Crippen molar-refractivity contribution in [3.8, 4) is 0 Å². The molecular weight excluding hydrogens is 271 g/mol. The van der Waals surface area contributed by atoms with Crippen LogP contribution < -0.4 is 0 Å². The Kier molecular flexibility index (Phi) is 3.82. The largest absolute Gasteiger partial charge is 0.152 e. The van der Waals surface area contributed by atoms with E-state index in [1.165, 1.54) is 11.1 Å². The number of benzene rings is 1. The first-order valence-corrected chi connectivity index (χ1v) is 7.20. The summed E-state index contributed by atoms with van der Waals surface area (Å²) in [6.07, 6.45) is 0. The second kappa shape index (κ2) is 5.01. The third kappa shape index (κ3) is 2.52. The maximum Gasteiger partial charge on any atom is 0.0848 e. The summed E-state index contributed by atoms with van der Waals surface area (Å²) in [5, 5.41) is 4.97. The van der Waals surface area contributed by atoms with Crippen LogP contribution in [-0.2, 0) is 0 Å². The van der Waals surface area contributed by atoms with Crippen LogP contribution in [0.4, 0.5) is 0 Å². The van der Waals surface area contributed by atoms with Gasteiger partial charge in [-0.2, -0.15) is 11.3 Å². The second-order valence-corrected chi connectivity index (χ2v) is 5.92. The molecule has 0 saturated heterocycles. The van der Waals surface area contributed by atoms with E-state index in [2.05, 4.69) is 30.7 Å². The van der Waals surface area contributed by atoms with E-state index in [0.717, 1.165) is 21.7 Å². The summed E-state index contributed by atoms with van der Waals surface area (Å²) in [5.74, 6) is 0. The molecule has 2 rings (SSSR count). The molecule has 17 heavy (non-hydrogen) atoms. The van der Waals surface area contributed by atoms with Crippen molar-refractivity contribution in [2.24, 2.45) is 0 Å². The van der Waals surface area contributed by atoms with Gasteiger partial charge in [-0.05, 0) is 65.4 Å². The fraction of sp³-hybridized carbons (Fsp3) is 0.286. The number of rotatable bonds is 2. The molecule has 0 amide bonds. The minimum atomic E-state index is -0.0859. The van der Waals surface area contributed by atoms with Crippen LogP contribution in [0, 0.1) is 20.8 Å². The van der Waals surface area contributed by atoms with Crippen molar-refractivity contribution in [3.63, 3.8) is 0 Å². The molecular formula is C14H14Cl2S. The van der Waals surface area contributed by atoms with Gasteiger partial charge in [0.05, 0.1) is 5.38 Å². The van der Waals surface area contributed by atoms with E-state index in [9.17, 15) is 0 Å². The summed E-state index contributed by atoms with van der Waals surface area (Å²) in [4.78, 5) is 0. The van der Waals surface area contributed by atoms with Crippen LogP contribution in [-0.4, -0.2) is 0 Å². The topological polar surface area (TPSA) is 0 Å². The van der Waals surface area contributed by atoms with E-state index in [-0.39, 0.29) is 5.38 Å². The lowest BCUT2D eigenvalue weighted by molar-refractivity contribution is 1.09. The Labute approximate surface area is 116 Å². The highest BCUT2D eigenvalue weighted by molar-refractivity contribution is 7.08. The Morgan fingerprint density at radius 1 is 0.941 bits per heavy atom. The third-order valence-electron chi connectivity index (χ3n) is 2.99. The van der Waals surface area contributed by atoms with Gasteiger partial charge in [0.1, 0.15) is 0 Å². The molecule has 0 aliphatic heterocycles. The highest BCUT2D eigenvalue weighted by Crippen LogP contribution is 2.36. The zero-order valence-corrected chi connectivity index (χ0v) is 12.4. The van der Waals surface area contributed by atoms with Gasteiger partial charge in [-0.25, -0.2) is 0 Å². The van der Waals surface area contributed by atoms with Gasteiger partial charge in [0.25, 0.3) is 0 Å². The summed E-state index contributed by atoms with van der Waals surface area (Å²) >= 11 is 14.4. The van der Waals surface area contributed by atoms with E-state index in [1.54, 1.807) is 11.3 Å². The zero-order valence-electron chi connectivity index (χ0n) is 10.1. The Morgan fingerprint density at radius 2 is 1.65 bits per heavy atom. The quantitative estimate of drug-likeness (QED) is 0.625. The molecule has 1 aromatic heterocycles. The molecule has 1 aromatic carbocycles. The lowest BCUT2D eigenvalue weighted by atomic mass is 9.98. The number of hydrogen-bond donors (Lipinski definition) is 0. The average molecular weight is 285 g/mol. The molecule has 0 bridgehead atoms. The lowest BCUT2D eigenvalue weighted by Gasteiger charge is -2.14. The third-order valence-corrected chi connectivity index (χ3v) is 4.75. The maximum atomic E-state index is 6.57. The monoisotopic (exact) mass is 284 g/mol. The highest BCUT2D eigenvalue weighted by atomic mass is 35.5. The Bertz CT molecular complexity index is 543. The summed E-state index contributed by atoms with van der Waals surface area (Å²) in [6, 6.07) is 4.08. The van der Waals surface area contributed by atoms with Crippen LogP contribution in [0.5, 0.6) is 0 Å². The molecule has 90 valence electrons. The minimum Gasteiger partial charge on any atom is -0.152 e. The van der Waals surface area contributed by atoms with E-state index >= 15 is 0 Å². The molecule has 0 aliphatic rings. The number of alkyl halides is 1. The van der Waals surface area contributed by atoms with Crippen molar-refractivity contribution >= 4 is 34.5 Å². The fourth-order valence-corrected chi connectivity index (χ4v) is 3.51. The minimum absolute atomic E-state index is 0.0859. The van der Waals surface area contributed by atoms with Crippen LogP contribution in [0.1, 0.15) is 33.2 Å². The first-order chi connectivity index (χ1) is 8.00. The van der Waals surface area contributed by atoms with Gasteiger partial charge in [-0.1, -0.05) is 17.7 Å². The van der Waals surface area contributed by atoms with Gasteiger partial charge in [0, 0.05) is 5.02 Å². The molecule has 0 nitrogen and oxygen atoms in total. The lowest BCUT2D eigenvalue weighted by Crippen LogP contribution is -1.97. The summed E-state index contributed by atoms with van der Waals surface area (Å²) < 4.78 is 0. The zero-order chi connectivity index (χ0) is 12.6. The van der Waals surface area contributed by atoms with Gasteiger partial charge >= 0.3 is 0 Å². The molecule has 0 spiro atoms. The molecule has 1 unspecified atom stereocenters. The molecule has 0 aliphatic carbocycles. The number of thiophene rings is 1. The molecule has 0 N–H and O–H groups in total. The standard InChI is InChI=1S/C14H14Cl2S/c1-8-5-13(15)9(2)4-11(8)14(16)12-7-17-6-10(12)3/h4-7,14H,1-3H3. The van der Waals surface area contributed by atoms with Crippen LogP contribution in [0.2, 0.25) is 5.02 Å². The molecule has 2 aromatic rings. The van der Waals surface area contributed by atoms with E-state index in [4.69, 9.17) is 23.2 Å². The maximum absolute atomic E-state index is 6.57. The van der Waals surface area contributed by atoms with Gasteiger partial charge < -0.3 is 0 Å². The van der Waals surface area contributed by atoms with Crippen LogP contribution in [0.3, 0.4) is 0 Å². The normalized spacial score (nSPS) is 12.8. The molecule has 1 atom stereocenters. The van der Waals surface area contributed by atoms with E-state index < -0.39 is 0 Å². The van der Waals surface area contributed by atoms with Gasteiger partial charge in [-0.3, -0.25) is 0 Å². The molecule has 0 saturated carbocycles. The predicted molar refractivity (Wildman–Crippen MR) is 77.7 cm³/mol. The van der Waals surface area contributed by atoms with Crippen molar-refractivity contribution in [1.29, 1.82) is 0 Å². The van der Waals surface area contributed by atoms with E-state index in [1.807, 2.05) is 13.0 Å².